The lowest BCUT2D eigenvalue weighted by molar-refractivity contribution is 0.0501. The number of esters is 1. The van der Waals surface area contributed by atoms with Crippen LogP contribution in [0.15, 0.2) is 48.5 Å². The van der Waals surface area contributed by atoms with E-state index in [0.29, 0.717) is 35.2 Å². The molecule has 25 heavy (non-hydrogen) atoms. The molecule has 0 atom stereocenters. The van der Waals surface area contributed by atoms with Crippen molar-refractivity contribution in [2.45, 2.75) is 12.8 Å². The van der Waals surface area contributed by atoms with E-state index in [1.165, 1.54) is 24.3 Å². The Morgan fingerprint density at radius 1 is 1.00 bits per heavy atom. The van der Waals surface area contributed by atoms with Crippen LogP contribution in [0.3, 0.4) is 0 Å². The molecule has 6 heteroatoms. The molecule has 1 heterocycles. The molecule has 3 rings (SSSR count). The highest BCUT2D eigenvalue weighted by molar-refractivity contribution is 6.34. The van der Waals surface area contributed by atoms with Crippen molar-refractivity contribution in [3.63, 3.8) is 0 Å². The minimum absolute atomic E-state index is 0.173. The molecule has 124 valence electrons. The summed E-state index contributed by atoms with van der Waals surface area (Å²) in [6.45, 7) is 0.173. The van der Waals surface area contributed by atoms with Gasteiger partial charge in [0.1, 0.15) is 0 Å². The van der Waals surface area contributed by atoms with E-state index in [1.807, 2.05) is 6.07 Å². The normalized spacial score (nSPS) is 12.7. The number of imide groups is 1. The second-order valence-corrected chi connectivity index (χ2v) is 5.44. The van der Waals surface area contributed by atoms with E-state index in [2.05, 4.69) is 0 Å². The van der Waals surface area contributed by atoms with Crippen molar-refractivity contribution >= 4 is 23.5 Å². The number of hydrogen-bond donors (Lipinski definition) is 0. The van der Waals surface area contributed by atoms with E-state index in [0.717, 1.165) is 4.90 Å². The zero-order valence-corrected chi connectivity index (χ0v) is 13.3. The Kier molecular flexibility index (Phi) is 4.57. The zero-order valence-electron chi connectivity index (χ0n) is 13.3. The van der Waals surface area contributed by atoms with E-state index >= 15 is 0 Å². The number of benzene rings is 2. The van der Waals surface area contributed by atoms with Crippen LogP contribution in [0.4, 0.5) is 5.69 Å². The molecular formula is C19H14N2O4. The smallest absolute Gasteiger partial charge is 0.338 e. The fourth-order valence-electron chi connectivity index (χ4n) is 2.57. The number of hydrogen-bond acceptors (Lipinski definition) is 5. The molecule has 0 unspecified atom stereocenters. The Labute approximate surface area is 144 Å². The average molecular weight is 334 g/mol. The fraction of sp³-hybridized carbons (Fsp3) is 0.158. The molecule has 2 aromatic rings. The van der Waals surface area contributed by atoms with E-state index in [1.54, 1.807) is 24.3 Å². The first-order valence-corrected chi connectivity index (χ1v) is 7.75. The maximum Gasteiger partial charge on any atom is 0.338 e. The van der Waals surface area contributed by atoms with Crippen LogP contribution in [0.25, 0.3) is 0 Å². The topological polar surface area (TPSA) is 87.5 Å². The average Bonchev–Trinajstić information content (AvgIpc) is 2.90. The summed E-state index contributed by atoms with van der Waals surface area (Å²) >= 11 is 0. The van der Waals surface area contributed by atoms with Crippen molar-refractivity contribution in [3.8, 4) is 6.07 Å². The largest absolute Gasteiger partial charge is 0.462 e. The van der Waals surface area contributed by atoms with E-state index in [-0.39, 0.29) is 18.4 Å². The Morgan fingerprint density at radius 3 is 2.16 bits per heavy atom. The molecule has 0 saturated heterocycles. The molecule has 2 aromatic carbocycles. The van der Waals surface area contributed by atoms with Crippen molar-refractivity contribution in [1.29, 1.82) is 5.26 Å². The number of fused-ring (bicyclic) bond motifs is 1. The van der Waals surface area contributed by atoms with E-state index < -0.39 is 5.97 Å². The van der Waals surface area contributed by atoms with Crippen LogP contribution in [0, 0.1) is 11.3 Å². The molecule has 6 nitrogen and oxygen atoms in total. The monoisotopic (exact) mass is 334 g/mol. The summed E-state index contributed by atoms with van der Waals surface area (Å²) in [4.78, 5) is 37.8. The number of amides is 2. The third kappa shape index (κ3) is 3.12. The molecule has 0 N–H and O–H groups in total. The fourth-order valence-corrected chi connectivity index (χ4v) is 2.57. The van der Waals surface area contributed by atoms with Crippen molar-refractivity contribution < 1.29 is 19.1 Å². The summed E-state index contributed by atoms with van der Waals surface area (Å²) in [5, 5.41) is 8.44. The SMILES string of the molecule is N#CCCCOC(=O)c1ccc(N2C(=O)c3ccccc3C2=O)cc1. The van der Waals surface area contributed by atoms with E-state index in [9.17, 15) is 14.4 Å². The zero-order chi connectivity index (χ0) is 17.8. The molecule has 0 spiro atoms. The van der Waals surface area contributed by atoms with Crippen LogP contribution in [0.2, 0.25) is 0 Å². The lowest BCUT2D eigenvalue weighted by Gasteiger charge is -2.14. The number of anilines is 1. The van der Waals surface area contributed by atoms with Gasteiger partial charge in [-0.1, -0.05) is 12.1 Å². The number of carbonyl (C=O) groups is 3. The Balaban J connectivity index is 1.73. The minimum Gasteiger partial charge on any atom is -0.462 e. The van der Waals surface area contributed by atoms with Gasteiger partial charge in [0.15, 0.2) is 0 Å². The second-order valence-electron chi connectivity index (χ2n) is 5.44. The number of ether oxygens (including phenoxy) is 1. The third-order valence-corrected chi connectivity index (χ3v) is 3.82. The number of nitriles is 1. The Morgan fingerprint density at radius 2 is 1.60 bits per heavy atom. The highest BCUT2D eigenvalue weighted by Gasteiger charge is 2.36. The van der Waals surface area contributed by atoms with Gasteiger partial charge in [0.2, 0.25) is 0 Å². The summed E-state index contributed by atoms with van der Waals surface area (Å²) in [5.41, 5.74) is 1.45. The molecule has 0 fully saturated rings. The van der Waals surface area contributed by atoms with Gasteiger partial charge < -0.3 is 4.74 Å². The highest BCUT2D eigenvalue weighted by atomic mass is 16.5. The van der Waals surface area contributed by atoms with Gasteiger partial charge in [0, 0.05) is 6.42 Å². The summed E-state index contributed by atoms with van der Waals surface area (Å²) in [7, 11) is 0. The lowest BCUT2D eigenvalue weighted by atomic mass is 10.1. The summed E-state index contributed by atoms with van der Waals surface area (Å²) in [6, 6.07) is 14.7. The predicted molar refractivity (Wildman–Crippen MR) is 89.2 cm³/mol. The quantitative estimate of drug-likeness (QED) is 0.476. The summed E-state index contributed by atoms with van der Waals surface area (Å²) in [5.74, 6) is -1.27. The summed E-state index contributed by atoms with van der Waals surface area (Å²) in [6.07, 6.45) is 0.807. The number of unbranched alkanes of at least 4 members (excludes halogenated alkanes) is 1. The number of rotatable bonds is 5. The van der Waals surface area contributed by atoms with Gasteiger partial charge in [0.05, 0.1) is 35.1 Å². The maximum absolute atomic E-state index is 12.4. The van der Waals surface area contributed by atoms with Gasteiger partial charge >= 0.3 is 5.97 Å². The lowest BCUT2D eigenvalue weighted by Crippen LogP contribution is -2.29. The molecule has 0 aliphatic carbocycles. The second kappa shape index (κ2) is 6.97. The van der Waals surface area contributed by atoms with Crippen molar-refractivity contribution in [2.75, 3.05) is 11.5 Å². The standard InChI is InChI=1S/C19H14N2O4/c20-11-3-4-12-25-19(24)13-7-9-14(10-8-13)21-17(22)15-5-1-2-6-16(15)18(21)23/h1-2,5-10H,3-4,12H2. The van der Waals surface area contributed by atoms with Crippen LogP contribution in [-0.4, -0.2) is 24.4 Å². The third-order valence-electron chi connectivity index (χ3n) is 3.82. The Bertz CT molecular complexity index is 846. The van der Waals surface area contributed by atoms with Crippen LogP contribution in [0.5, 0.6) is 0 Å². The first kappa shape index (κ1) is 16.4. The van der Waals surface area contributed by atoms with Crippen molar-refractivity contribution in [3.05, 3.63) is 65.2 Å². The van der Waals surface area contributed by atoms with Gasteiger partial charge in [-0.25, -0.2) is 9.69 Å². The summed E-state index contributed by atoms with van der Waals surface area (Å²) < 4.78 is 5.05. The molecule has 1 aliphatic heterocycles. The van der Waals surface area contributed by atoms with Crippen LogP contribution < -0.4 is 4.90 Å². The molecular weight excluding hydrogens is 320 g/mol. The molecule has 0 saturated carbocycles. The molecule has 2 amide bonds. The minimum atomic E-state index is -0.508. The molecule has 0 aromatic heterocycles. The number of carbonyl (C=O) groups excluding carboxylic acids is 3. The first-order chi connectivity index (χ1) is 12.1. The van der Waals surface area contributed by atoms with Crippen LogP contribution in [-0.2, 0) is 4.74 Å². The van der Waals surface area contributed by atoms with Crippen molar-refractivity contribution in [2.24, 2.45) is 0 Å². The molecule has 0 radical (unpaired) electrons. The first-order valence-electron chi connectivity index (χ1n) is 7.75. The molecule has 1 aliphatic rings. The van der Waals surface area contributed by atoms with Gasteiger partial charge in [0.25, 0.3) is 11.8 Å². The maximum atomic E-state index is 12.4. The van der Waals surface area contributed by atoms with Crippen LogP contribution >= 0.6 is 0 Å². The van der Waals surface area contributed by atoms with Gasteiger partial charge in [-0.05, 0) is 42.8 Å². The molecule has 0 bridgehead atoms. The highest BCUT2D eigenvalue weighted by Crippen LogP contribution is 2.28. The van der Waals surface area contributed by atoms with Gasteiger partial charge in [-0.3, -0.25) is 9.59 Å². The Hall–Kier alpha value is -3.46. The predicted octanol–water partition coefficient (Wildman–Crippen LogP) is 2.95. The van der Waals surface area contributed by atoms with E-state index in [4.69, 9.17) is 10.00 Å². The van der Waals surface area contributed by atoms with Crippen molar-refractivity contribution in [1.82, 2.24) is 0 Å². The van der Waals surface area contributed by atoms with Crippen LogP contribution in [0.1, 0.15) is 43.9 Å². The number of nitrogens with zero attached hydrogens (tertiary/aromatic N) is 2. The van der Waals surface area contributed by atoms with Gasteiger partial charge in [-0.15, -0.1) is 0 Å². The van der Waals surface area contributed by atoms with Gasteiger partial charge in [-0.2, -0.15) is 5.26 Å².